The lowest BCUT2D eigenvalue weighted by Crippen LogP contribution is -2.25. The number of fused-ring (bicyclic) bond motifs is 1. The summed E-state index contributed by atoms with van der Waals surface area (Å²) in [5.74, 6) is 1.32. The predicted molar refractivity (Wildman–Crippen MR) is 113 cm³/mol. The number of aryl methyl sites for hydroxylation is 1. The predicted octanol–water partition coefficient (Wildman–Crippen LogP) is 3.68. The minimum Gasteiger partial charge on any atom is -0.424 e. The second-order valence-electron chi connectivity index (χ2n) is 6.98. The van der Waals surface area contributed by atoms with Crippen molar-refractivity contribution >= 4 is 23.3 Å². The van der Waals surface area contributed by atoms with Crippen LogP contribution in [-0.2, 0) is 4.79 Å². The molecule has 0 saturated heterocycles. The van der Waals surface area contributed by atoms with Crippen molar-refractivity contribution < 1.29 is 9.53 Å². The number of nitrogens with one attached hydrogen (secondary N) is 1. The maximum atomic E-state index is 12.6. The number of halogens is 1. The maximum Gasteiger partial charge on any atom is 0.321 e. The van der Waals surface area contributed by atoms with Crippen LogP contribution in [0.15, 0.2) is 54.9 Å². The average Bonchev–Trinajstić information content (AvgIpc) is 3.11. The minimum atomic E-state index is -0.196. The van der Waals surface area contributed by atoms with Crippen LogP contribution in [-0.4, -0.2) is 35.9 Å². The summed E-state index contributed by atoms with van der Waals surface area (Å²) >= 11 is 5.85. The van der Waals surface area contributed by atoms with Crippen LogP contribution in [0.2, 0.25) is 5.15 Å². The van der Waals surface area contributed by atoms with E-state index in [1.54, 1.807) is 35.3 Å². The number of aromatic nitrogens is 6. The first-order valence-corrected chi connectivity index (χ1v) is 9.90. The van der Waals surface area contributed by atoms with Crippen molar-refractivity contribution in [2.24, 2.45) is 0 Å². The number of amides is 1. The lowest BCUT2D eigenvalue weighted by molar-refractivity contribution is -0.116. The van der Waals surface area contributed by atoms with E-state index in [-0.39, 0.29) is 29.4 Å². The van der Waals surface area contributed by atoms with Gasteiger partial charge in [0.15, 0.2) is 11.0 Å². The Kier molecular flexibility index (Phi) is 4.79. The quantitative estimate of drug-likeness (QED) is 0.523. The average molecular weight is 434 g/mol. The van der Waals surface area contributed by atoms with Crippen LogP contribution >= 0.6 is 11.6 Å². The van der Waals surface area contributed by atoms with Gasteiger partial charge in [-0.05, 0) is 42.8 Å². The summed E-state index contributed by atoms with van der Waals surface area (Å²) in [6.45, 7) is 1.90. The number of anilines is 1. The summed E-state index contributed by atoms with van der Waals surface area (Å²) < 4.78 is 7.35. The Balaban J connectivity index is 1.54. The summed E-state index contributed by atoms with van der Waals surface area (Å²) in [5.41, 5.74) is 2.63. The molecule has 1 amide bonds. The van der Waals surface area contributed by atoms with Gasteiger partial charge in [0.2, 0.25) is 5.91 Å². The summed E-state index contributed by atoms with van der Waals surface area (Å²) in [6, 6.07) is 12.9. The van der Waals surface area contributed by atoms with E-state index >= 15 is 0 Å². The number of nitrogens with zero attached hydrogens (tertiary/aromatic N) is 6. The Labute approximate surface area is 182 Å². The molecule has 31 heavy (non-hydrogen) atoms. The van der Waals surface area contributed by atoms with E-state index in [1.165, 1.54) is 0 Å². The molecule has 0 fully saturated rings. The molecule has 10 heteroatoms. The molecule has 1 aliphatic heterocycles. The molecule has 1 aliphatic rings. The number of rotatable bonds is 4. The summed E-state index contributed by atoms with van der Waals surface area (Å²) in [6.07, 6.45) is 3.51. The van der Waals surface area contributed by atoms with Crippen LogP contribution in [0.5, 0.6) is 11.8 Å². The standard InChI is InChI=1S/C21H16ClN7O2/c1-12-19-15(13-4-2-5-14(10-13)31-21-23-8-3-9-24-21)11-18(30)25-20(19)29(28-12)17-7-6-16(22)26-27-17/h2-10,15H,11H2,1H3,(H,25,30). The molecule has 1 aromatic carbocycles. The molecular weight excluding hydrogens is 418 g/mol. The van der Waals surface area contributed by atoms with Gasteiger partial charge in [-0.2, -0.15) is 9.78 Å². The molecule has 9 nitrogen and oxygen atoms in total. The van der Waals surface area contributed by atoms with E-state index in [2.05, 4.69) is 30.6 Å². The zero-order chi connectivity index (χ0) is 21.4. The molecule has 0 saturated carbocycles. The van der Waals surface area contributed by atoms with Crippen molar-refractivity contribution in [1.82, 2.24) is 29.9 Å². The monoisotopic (exact) mass is 433 g/mol. The molecule has 0 bridgehead atoms. The Morgan fingerprint density at radius 2 is 1.97 bits per heavy atom. The van der Waals surface area contributed by atoms with E-state index < -0.39 is 0 Å². The van der Waals surface area contributed by atoms with Crippen LogP contribution < -0.4 is 10.1 Å². The molecule has 4 heterocycles. The molecule has 3 aromatic heterocycles. The fourth-order valence-electron chi connectivity index (χ4n) is 3.66. The third-order valence-corrected chi connectivity index (χ3v) is 5.15. The third kappa shape index (κ3) is 3.71. The lowest BCUT2D eigenvalue weighted by atomic mass is 9.86. The van der Waals surface area contributed by atoms with Gasteiger partial charge in [0.1, 0.15) is 11.6 Å². The van der Waals surface area contributed by atoms with Gasteiger partial charge >= 0.3 is 6.01 Å². The van der Waals surface area contributed by atoms with Gasteiger partial charge in [-0.1, -0.05) is 23.7 Å². The van der Waals surface area contributed by atoms with Crippen molar-refractivity contribution in [2.75, 3.05) is 5.32 Å². The maximum absolute atomic E-state index is 12.6. The molecule has 1 unspecified atom stereocenters. The zero-order valence-electron chi connectivity index (χ0n) is 16.4. The highest BCUT2D eigenvalue weighted by Crippen LogP contribution is 2.40. The van der Waals surface area contributed by atoms with Gasteiger partial charge < -0.3 is 10.1 Å². The van der Waals surface area contributed by atoms with Crippen LogP contribution in [0.1, 0.15) is 29.2 Å². The minimum absolute atomic E-state index is 0.113. The highest BCUT2D eigenvalue weighted by Gasteiger charge is 2.33. The van der Waals surface area contributed by atoms with Gasteiger partial charge in [0, 0.05) is 30.3 Å². The number of carbonyl (C=O) groups excluding carboxylic acids is 1. The molecule has 154 valence electrons. The van der Waals surface area contributed by atoms with E-state index in [4.69, 9.17) is 16.3 Å². The zero-order valence-corrected chi connectivity index (χ0v) is 17.1. The molecule has 1 atom stereocenters. The number of hydrogen-bond donors (Lipinski definition) is 1. The van der Waals surface area contributed by atoms with Crippen LogP contribution in [0.3, 0.4) is 0 Å². The van der Waals surface area contributed by atoms with Crippen molar-refractivity contribution in [3.8, 4) is 17.6 Å². The highest BCUT2D eigenvalue weighted by molar-refractivity contribution is 6.29. The van der Waals surface area contributed by atoms with Gasteiger partial charge in [-0.25, -0.2) is 9.97 Å². The Hall–Kier alpha value is -3.85. The second kappa shape index (κ2) is 7.77. The Morgan fingerprint density at radius 3 is 2.74 bits per heavy atom. The van der Waals surface area contributed by atoms with E-state index in [0.29, 0.717) is 17.4 Å². The fourth-order valence-corrected chi connectivity index (χ4v) is 3.76. The largest absolute Gasteiger partial charge is 0.424 e. The number of hydrogen-bond acceptors (Lipinski definition) is 7. The summed E-state index contributed by atoms with van der Waals surface area (Å²) in [7, 11) is 0. The molecule has 0 spiro atoms. The first-order chi connectivity index (χ1) is 15.1. The fraction of sp³-hybridized carbons (Fsp3) is 0.143. The van der Waals surface area contributed by atoms with Gasteiger partial charge in [-0.15, -0.1) is 10.2 Å². The normalized spacial score (nSPS) is 15.3. The molecule has 0 aliphatic carbocycles. The van der Waals surface area contributed by atoms with Crippen LogP contribution in [0.25, 0.3) is 5.82 Å². The third-order valence-electron chi connectivity index (χ3n) is 4.95. The lowest BCUT2D eigenvalue weighted by Gasteiger charge is -2.24. The smallest absolute Gasteiger partial charge is 0.321 e. The van der Waals surface area contributed by atoms with Crippen molar-refractivity contribution in [3.05, 3.63) is 76.8 Å². The van der Waals surface area contributed by atoms with E-state index in [9.17, 15) is 4.79 Å². The number of carbonyl (C=O) groups is 1. The Bertz CT molecular complexity index is 1260. The van der Waals surface area contributed by atoms with Crippen molar-refractivity contribution in [1.29, 1.82) is 0 Å². The van der Waals surface area contributed by atoms with E-state index in [0.717, 1.165) is 16.8 Å². The van der Waals surface area contributed by atoms with Gasteiger partial charge in [-0.3, -0.25) is 4.79 Å². The van der Waals surface area contributed by atoms with Gasteiger partial charge in [0.05, 0.1) is 5.69 Å². The Morgan fingerprint density at radius 1 is 1.13 bits per heavy atom. The summed E-state index contributed by atoms with van der Waals surface area (Å²) in [5, 5.41) is 15.8. The van der Waals surface area contributed by atoms with E-state index in [1.807, 2.05) is 31.2 Å². The first-order valence-electron chi connectivity index (χ1n) is 9.52. The summed E-state index contributed by atoms with van der Waals surface area (Å²) in [4.78, 5) is 20.7. The molecule has 1 N–H and O–H groups in total. The second-order valence-corrected chi connectivity index (χ2v) is 7.37. The first kappa shape index (κ1) is 19.1. The SMILES string of the molecule is Cc1nn(-c2ccc(Cl)nn2)c2c1C(c1cccc(Oc3ncccn3)c1)CC(=O)N2. The van der Waals surface area contributed by atoms with Gasteiger partial charge in [0.25, 0.3) is 0 Å². The molecule has 4 aromatic rings. The van der Waals surface area contributed by atoms with Crippen molar-refractivity contribution in [2.45, 2.75) is 19.3 Å². The molecular formula is C21H16ClN7O2. The number of benzene rings is 1. The van der Waals surface area contributed by atoms with Crippen LogP contribution in [0.4, 0.5) is 5.82 Å². The molecule has 5 rings (SSSR count). The van der Waals surface area contributed by atoms with Crippen molar-refractivity contribution in [3.63, 3.8) is 0 Å². The highest BCUT2D eigenvalue weighted by atomic mass is 35.5. The molecule has 0 radical (unpaired) electrons. The number of ether oxygens (including phenoxy) is 1. The topological polar surface area (TPSA) is 108 Å². The van der Waals surface area contributed by atoms with Crippen LogP contribution in [0, 0.1) is 6.92 Å².